The van der Waals surface area contributed by atoms with E-state index in [1.54, 1.807) is 19.1 Å². The van der Waals surface area contributed by atoms with Crippen molar-refractivity contribution in [2.45, 2.75) is 26.1 Å². The summed E-state index contributed by atoms with van der Waals surface area (Å²) in [7, 11) is 1.50. The number of halogens is 2. The van der Waals surface area contributed by atoms with Crippen LogP contribution in [0.3, 0.4) is 0 Å². The van der Waals surface area contributed by atoms with Crippen molar-refractivity contribution in [1.82, 2.24) is 5.32 Å². The third-order valence-corrected chi connectivity index (χ3v) is 2.40. The number of hydrogen-bond acceptors (Lipinski definition) is 4. The van der Waals surface area contributed by atoms with Gasteiger partial charge in [0.05, 0.1) is 13.7 Å². The summed E-state index contributed by atoms with van der Waals surface area (Å²) in [5.74, 6) is 0.661. The van der Waals surface area contributed by atoms with E-state index in [1.165, 1.54) is 13.2 Å². The van der Waals surface area contributed by atoms with Crippen LogP contribution in [-0.2, 0) is 6.54 Å². The van der Waals surface area contributed by atoms with Crippen molar-refractivity contribution < 1.29 is 23.4 Å². The second kappa shape index (κ2) is 7.13. The first-order chi connectivity index (χ1) is 8.56. The molecule has 6 heteroatoms. The van der Waals surface area contributed by atoms with E-state index in [0.717, 1.165) is 0 Å². The van der Waals surface area contributed by atoms with E-state index in [2.05, 4.69) is 10.1 Å². The van der Waals surface area contributed by atoms with Crippen molar-refractivity contribution in [2.24, 2.45) is 0 Å². The Hall–Kier alpha value is -1.40. The highest BCUT2D eigenvalue weighted by molar-refractivity contribution is 5.40. The highest BCUT2D eigenvalue weighted by atomic mass is 19.3. The molecule has 0 aromatic heterocycles. The molecule has 0 aliphatic rings. The van der Waals surface area contributed by atoms with Gasteiger partial charge >= 0.3 is 6.61 Å². The number of methoxy groups -OCH3 is 1. The third kappa shape index (κ3) is 4.46. The molecule has 0 amide bonds. The van der Waals surface area contributed by atoms with Crippen molar-refractivity contribution in [1.29, 1.82) is 0 Å². The van der Waals surface area contributed by atoms with Gasteiger partial charge in [-0.25, -0.2) is 0 Å². The Labute approximate surface area is 105 Å². The quantitative estimate of drug-likeness (QED) is 0.785. The molecule has 1 atom stereocenters. The number of ether oxygens (including phenoxy) is 2. The molecule has 0 bridgehead atoms. The van der Waals surface area contributed by atoms with E-state index in [9.17, 15) is 8.78 Å². The third-order valence-electron chi connectivity index (χ3n) is 2.40. The lowest BCUT2D eigenvalue weighted by atomic mass is 10.1. The summed E-state index contributed by atoms with van der Waals surface area (Å²) in [6, 6.07) is 4.48. The number of benzene rings is 1. The first-order valence-corrected chi connectivity index (χ1v) is 5.52. The van der Waals surface area contributed by atoms with Crippen LogP contribution < -0.4 is 14.8 Å². The summed E-state index contributed by atoms with van der Waals surface area (Å²) in [6.07, 6.45) is 0. The Balaban J connectivity index is 2.82. The Morgan fingerprint density at radius 1 is 1.39 bits per heavy atom. The molecular weight excluding hydrogens is 244 g/mol. The molecule has 0 saturated carbocycles. The van der Waals surface area contributed by atoms with Gasteiger partial charge in [-0.3, -0.25) is 0 Å². The summed E-state index contributed by atoms with van der Waals surface area (Å²) in [5, 5.41) is 11.9. The minimum atomic E-state index is -2.87. The first-order valence-electron chi connectivity index (χ1n) is 5.52. The predicted octanol–water partition coefficient (Wildman–Crippen LogP) is 1.77. The number of nitrogens with one attached hydrogen (secondary N) is 1. The van der Waals surface area contributed by atoms with Gasteiger partial charge in [-0.2, -0.15) is 8.78 Å². The van der Waals surface area contributed by atoms with E-state index in [1.807, 2.05) is 0 Å². The van der Waals surface area contributed by atoms with Crippen molar-refractivity contribution in [3.63, 3.8) is 0 Å². The summed E-state index contributed by atoms with van der Waals surface area (Å²) < 4.78 is 33.9. The molecule has 0 heterocycles. The normalized spacial score (nSPS) is 12.6. The smallest absolute Gasteiger partial charge is 0.387 e. The highest BCUT2D eigenvalue weighted by Gasteiger charge is 2.11. The number of hydrogen-bond donors (Lipinski definition) is 2. The largest absolute Gasteiger partial charge is 0.497 e. The summed E-state index contributed by atoms with van der Waals surface area (Å²) >= 11 is 0. The van der Waals surface area contributed by atoms with E-state index < -0.39 is 6.61 Å². The monoisotopic (exact) mass is 261 g/mol. The number of aliphatic hydroxyl groups is 1. The molecule has 0 aliphatic carbocycles. The number of aliphatic hydroxyl groups excluding tert-OH is 1. The second-order valence-corrected chi connectivity index (χ2v) is 3.82. The van der Waals surface area contributed by atoms with Gasteiger partial charge in [-0.1, -0.05) is 0 Å². The molecule has 0 aliphatic heterocycles. The van der Waals surface area contributed by atoms with Crippen LogP contribution in [0, 0.1) is 0 Å². The first kappa shape index (κ1) is 14.7. The van der Waals surface area contributed by atoms with Crippen LogP contribution in [0.25, 0.3) is 0 Å². The van der Waals surface area contributed by atoms with Crippen molar-refractivity contribution >= 4 is 0 Å². The van der Waals surface area contributed by atoms with Crippen LogP contribution in [0.15, 0.2) is 18.2 Å². The fraction of sp³-hybridized carbons (Fsp3) is 0.500. The summed E-state index contributed by atoms with van der Waals surface area (Å²) in [6.45, 7) is -0.809. The minimum Gasteiger partial charge on any atom is -0.497 e. The molecule has 1 rings (SSSR count). The maximum atomic E-state index is 12.2. The molecule has 0 spiro atoms. The molecule has 1 aromatic carbocycles. The van der Waals surface area contributed by atoms with E-state index in [-0.39, 0.29) is 18.4 Å². The molecule has 4 nitrogen and oxygen atoms in total. The Bertz CT molecular complexity index is 374. The van der Waals surface area contributed by atoms with Gasteiger partial charge in [-0.15, -0.1) is 0 Å². The zero-order chi connectivity index (χ0) is 13.5. The topological polar surface area (TPSA) is 50.7 Å². The fourth-order valence-corrected chi connectivity index (χ4v) is 1.38. The summed E-state index contributed by atoms with van der Waals surface area (Å²) in [4.78, 5) is 0. The van der Waals surface area contributed by atoms with E-state index >= 15 is 0 Å². The summed E-state index contributed by atoms with van der Waals surface area (Å²) in [5.41, 5.74) is 0.551. The Morgan fingerprint density at radius 2 is 2.11 bits per heavy atom. The van der Waals surface area contributed by atoms with Gasteiger partial charge in [0.2, 0.25) is 0 Å². The SMILES string of the molecule is COc1ccc(OC(F)F)c(CN[C@H](C)CO)c1. The molecule has 0 radical (unpaired) electrons. The van der Waals surface area contributed by atoms with Crippen LogP contribution in [-0.4, -0.2) is 31.5 Å². The van der Waals surface area contributed by atoms with Gasteiger partial charge in [0, 0.05) is 18.2 Å². The number of alkyl halides is 2. The maximum Gasteiger partial charge on any atom is 0.387 e. The average Bonchev–Trinajstić information content (AvgIpc) is 2.36. The lowest BCUT2D eigenvalue weighted by Gasteiger charge is -2.15. The molecule has 18 heavy (non-hydrogen) atoms. The number of rotatable bonds is 7. The molecule has 2 N–H and O–H groups in total. The van der Waals surface area contributed by atoms with Gasteiger partial charge in [0.15, 0.2) is 0 Å². The van der Waals surface area contributed by atoms with Crippen molar-refractivity contribution in [3.05, 3.63) is 23.8 Å². The van der Waals surface area contributed by atoms with Crippen molar-refractivity contribution in [2.75, 3.05) is 13.7 Å². The minimum absolute atomic E-state index is 0.0327. The van der Waals surface area contributed by atoms with Crippen LogP contribution in [0.1, 0.15) is 12.5 Å². The lowest BCUT2D eigenvalue weighted by molar-refractivity contribution is -0.0505. The molecular formula is C12H17F2NO3. The lowest BCUT2D eigenvalue weighted by Crippen LogP contribution is -2.28. The molecule has 1 aromatic rings. The van der Waals surface area contributed by atoms with Gasteiger partial charge in [-0.05, 0) is 25.1 Å². The van der Waals surface area contributed by atoms with E-state index in [4.69, 9.17) is 9.84 Å². The van der Waals surface area contributed by atoms with Crippen LogP contribution in [0.4, 0.5) is 8.78 Å². The van der Waals surface area contributed by atoms with Crippen LogP contribution in [0.2, 0.25) is 0 Å². The molecule has 0 saturated heterocycles. The highest BCUT2D eigenvalue weighted by Crippen LogP contribution is 2.25. The Kier molecular flexibility index (Phi) is 5.80. The maximum absolute atomic E-state index is 12.2. The fourth-order valence-electron chi connectivity index (χ4n) is 1.38. The standard InChI is InChI=1S/C12H17F2NO3/c1-8(7-16)15-6-9-5-10(17-2)3-4-11(9)18-12(13)14/h3-5,8,12,15-16H,6-7H2,1-2H3/t8-/m1/s1. The van der Waals surface area contributed by atoms with Crippen LogP contribution in [0.5, 0.6) is 11.5 Å². The zero-order valence-electron chi connectivity index (χ0n) is 10.3. The molecule has 0 fully saturated rings. The zero-order valence-corrected chi connectivity index (χ0v) is 10.3. The van der Waals surface area contributed by atoms with Gasteiger partial charge in [0.1, 0.15) is 11.5 Å². The predicted molar refractivity (Wildman–Crippen MR) is 63.0 cm³/mol. The van der Waals surface area contributed by atoms with Gasteiger partial charge < -0.3 is 19.9 Å². The van der Waals surface area contributed by atoms with Crippen molar-refractivity contribution in [3.8, 4) is 11.5 Å². The molecule has 0 unspecified atom stereocenters. The van der Waals surface area contributed by atoms with Gasteiger partial charge in [0.25, 0.3) is 0 Å². The Morgan fingerprint density at radius 3 is 2.67 bits per heavy atom. The van der Waals surface area contributed by atoms with E-state index in [0.29, 0.717) is 17.9 Å². The molecule has 102 valence electrons. The second-order valence-electron chi connectivity index (χ2n) is 3.82. The average molecular weight is 261 g/mol. The van der Waals surface area contributed by atoms with Crippen LogP contribution >= 0.6 is 0 Å².